The van der Waals surface area contributed by atoms with Crippen molar-refractivity contribution >= 4 is 0 Å². The van der Waals surface area contributed by atoms with Crippen LogP contribution in [0.4, 0.5) is 13.2 Å². The van der Waals surface area contributed by atoms with Crippen molar-refractivity contribution in [2.24, 2.45) is 0 Å². The second-order valence-corrected chi connectivity index (χ2v) is 4.19. The number of hydrogen-bond acceptors (Lipinski definition) is 3. The Kier molecular flexibility index (Phi) is 5.13. The minimum absolute atomic E-state index is 0.0622. The van der Waals surface area contributed by atoms with E-state index in [1.807, 2.05) is 0 Å². The summed E-state index contributed by atoms with van der Waals surface area (Å²) in [7, 11) is 1.59. The summed E-state index contributed by atoms with van der Waals surface area (Å²) in [4.78, 5) is 1.53. The van der Waals surface area contributed by atoms with E-state index in [9.17, 15) is 18.3 Å². The molecule has 1 atom stereocenters. The fourth-order valence-electron chi connectivity index (χ4n) is 1.71. The van der Waals surface area contributed by atoms with Crippen LogP contribution < -0.4 is 0 Å². The Morgan fingerprint density at radius 3 is 2.44 bits per heavy atom. The lowest BCUT2D eigenvalue weighted by Gasteiger charge is -2.21. The van der Waals surface area contributed by atoms with E-state index in [-0.39, 0.29) is 18.7 Å². The molecule has 0 radical (unpaired) electrons. The molecule has 1 aromatic rings. The number of halogens is 3. The summed E-state index contributed by atoms with van der Waals surface area (Å²) in [6.07, 6.45) is -5.33. The summed E-state index contributed by atoms with van der Waals surface area (Å²) in [5, 5.41) is 17.9. The molecule has 0 aliphatic heterocycles. The normalized spacial score (nSPS) is 13.9. The van der Waals surface area contributed by atoms with Crippen molar-refractivity contribution in [1.29, 1.82) is 0 Å². The van der Waals surface area contributed by atoms with Gasteiger partial charge in [0.15, 0.2) is 0 Å². The summed E-state index contributed by atoms with van der Waals surface area (Å²) >= 11 is 0. The zero-order chi connectivity index (χ0) is 13.8. The minimum Gasteiger partial charge on any atom is -0.394 e. The molecule has 0 aliphatic carbocycles. The first kappa shape index (κ1) is 14.9. The number of likely N-dealkylation sites (N-methyl/N-ethyl adjacent to an activating group) is 1. The van der Waals surface area contributed by atoms with E-state index in [4.69, 9.17) is 5.11 Å². The highest BCUT2D eigenvalue weighted by Crippen LogP contribution is 2.32. The predicted molar refractivity (Wildman–Crippen MR) is 60.9 cm³/mol. The van der Waals surface area contributed by atoms with Gasteiger partial charge in [-0.25, -0.2) is 0 Å². The fraction of sp³-hybridized carbons (Fsp3) is 0.500. The Balaban J connectivity index is 2.78. The molecule has 0 bridgehead atoms. The molecule has 0 aromatic heterocycles. The van der Waals surface area contributed by atoms with Gasteiger partial charge < -0.3 is 10.2 Å². The first-order valence-electron chi connectivity index (χ1n) is 5.47. The van der Waals surface area contributed by atoms with Gasteiger partial charge in [-0.05, 0) is 18.7 Å². The number of nitrogens with zero attached hydrogens (tertiary/aromatic N) is 1. The van der Waals surface area contributed by atoms with E-state index in [0.717, 1.165) is 6.07 Å². The smallest absolute Gasteiger partial charge is 0.394 e. The van der Waals surface area contributed by atoms with Gasteiger partial charge in [-0.15, -0.1) is 0 Å². The van der Waals surface area contributed by atoms with Gasteiger partial charge in [-0.1, -0.05) is 18.2 Å². The van der Waals surface area contributed by atoms with Gasteiger partial charge in [-0.2, -0.15) is 13.2 Å². The Labute approximate surface area is 103 Å². The van der Waals surface area contributed by atoms with Gasteiger partial charge in [0.1, 0.15) is 0 Å². The van der Waals surface area contributed by atoms with Crippen LogP contribution in [-0.4, -0.2) is 41.4 Å². The topological polar surface area (TPSA) is 43.7 Å². The lowest BCUT2D eigenvalue weighted by Crippen LogP contribution is -2.31. The number of rotatable bonds is 5. The number of aliphatic hydroxyl groups excluding tert-OH is 2. The van der Waals surface area contributed by atoms with Crippen molar-refractivity contribution in [3.8, 4) is 0 Å². The third-order valence-electron chi connectivity index (χ3n) is 2.50. The molecule has 0 spiro atoms. The molecule has 3 nitrogen and oxygen atoms in total. The Bertz CT molecular complexity index is 382. The van der Waals surface area contributed by atoms with Gasteiger partial charge in [0.05, 0.1) is 18.3 Å². The van der Waals surface area contributed by atoms with Crippen LogP contribution in [0.1, 0.15) is 11.1 Å². The zero-order valence-corrected chi connectivity index (χ0v) is 9.98. The highest BCUT2D eigenvalue weighted by Gasteiger charge is 2.33. The molecule has 2 N–H and O–H groups in total. The largest absolute Gasteiger partial charge is 0.416 e. The van der Waals surface area contributed by atoms with Crippen LogP contribution >= 0.6 is 0 Å². The summed E-state index contributed by atoms with van der Waals surface area (Å²) in [5.41, 5.74) is -0.520. The van der Waals surface area contributed by atoms with Crippen LogP contribution in [0.5, 0.6) is 0 Å². The van der Waals surface area contributed by atoms with Gasteiger partial charge >= 0.3 is 6.18 Å². The first-order valence-corrected chi connectivity index (χ1v) is 5.47. The summed E-state index contributed by atoms with van der Waals surface area (Å²) in [6.45, 7) is -0.235. The highest BCUT2D eigenvalue weighted by molar-refractivity contribution is 5.29. The van der Waals surface area contributed by atoms with Crippen molar-refractivity contribution in [3.63, 3.8) is 0 Å². The van der Waals surface area contributed by atoms with Gasteiger partial charge in [0.25, 0.3) is 0 Å². The number of hydrogen-bond donors (Lipinski definition) is 2. The number of benzene rings is 1. The van der Waals surface area contributed by atoms with Crippen molar-refractivity contribution in [2.75, 3.05) is 20.2 Å². The maximum atomic E-state index is 12.7. The lowest BCUT2D eigenvalue weighted by molar-refractivity contribution is -0.138. The maximum absolute atomic E-state index is 12.7. The fourth-order valence-corrected chi connectivity index (χ4v) is 1.71. The first-order chi connectivity index (χ1) is 8.34. The number of alkyl halides is 3. The van der Waals surface area contributed by atoms with Crippen LogP contribution in [0, 0.1) is 0 Å². The highest BCUT2D eigenvalue weighted by atomic mass is 19.4. The van der Waals surface area contributed by atoms with Crippen molar-refractivity contribution in [1.82, 2.24) is 4.90 Å². The molecule has 0 saturated carbocycles. The van der Waals surface area contributed by atoms with Crippen molar-refractivity contribution in [2.45, 2.75) is 18.8 Å². The van der Waals surface area contributed by atoms with E-state index in [1.54, 1.807) is 13.1 Å². The second kappa shape index (κ2) is 6.17. The van der Waals surface area contributed by atoms with Gasteiger partial charge in [0.2, 0.25) is 0 Å². The molecule has 0 aliphatic rings. The Morgan fingerprint density at radius 1 is 1.28 bits per heavy atom. The molecule has 18 heavy (non-hydrogen) atoms. The SMILES string of the molecule is CN(Cc1ccccc1C(F)(F)F)CC(O)CO. The van der Waals surface area contributed by atoms with E-state index in [2.05, 4.69) is 0 Å². The molecular formula is C12H16F3NO2. The zero-order valence-electron chi connectivity index (χ0n) is 9.98. The van der Waals surface area contributed by atoms with E-state index < -0.39 is 24.5 Å². The van der Waals surface area contributed by atoms with Crippen molar-refractivity contribution < 1.29 is 23.4 Å². The molecule has 6 heteroatoms. The van der Waals surface area contributed by atoms with Crippen molar-refractivity contribution in [3.05, 3.63) is 35.4 Å². The van der Waals surface area contributed by atoms with Gasteiger partial charge in [-0.3, -0.25) is 4.90 Å². The standard InChI is InChI=1S/C12H16F3NO2/c1-16(7-10(18)8-17)6-9-4-2-3-5-11(9)12(13,14)15/h2-5,10,17-18H,6-8H2,1H3. The van der Waals surface area contributed by atoms with E-state index >= 15 is 0 Å². The quantitative estimate of drug-likeness (QED) is 0.846. The van der Waals surface area contributed by atoms with Crippen LogP contribution in [0.2, 0.25) is 0 Å². The van der Waals surface area contributed by atoms with Gasteiger partial charge in [0, 0.05) is 13.1 Å². The molecule has 0 amide bonds. The Morgan fingerprint density at radius 2 is 1.89 bits per heavy atom. The van der Waals surface area contributed by atoms with Crippen LogP contribution in [0.25, 0.3) is 0 Å². The number of aliphatic hydroxyl groups is 2. The molecule has 0 heterocycles. The third kappa shape index (κ3) is 4.29. The minimum atomic E-state index is -4.38. The molecule has 0 fully saturated rings. The molecule has 1 rings (SSSR count). The van der Waals surface area contributed by atoms with E-state index in [1.165, 1.54) is 17.0 Å². The monoisotopic (exact) mass is 263 g/mol. The summed E-state index contributed by atoms with van der Waals surface area (Å²) < 4.78 is 38.2. The molecule has 0 saturated heterocycles. The summed E-state index contributed by atoms with van der Waals surface area (Å²) in [6, 6.07) is 5.33. The average molecular weight is 263 g/mol. The second-order valence-electron chi connectivity index (χ2n) is 4.19. The third-order valence-corrected chi connectivity index (χ3v) is 2.50. The van der Waals surface area contributed by atoms with E-state index in [0.29, 0.717) is 0 Å². The van der Waals surface area contributed by atoms with Crippen LogP contribution in [-0.2, 0) is 12.7 Å². The average Bonchev–Trinajstić information content (AvgIpc) is 2.27. The molecule has 102 valence electrons. The van der Waals surface area contributed by atoms with Crippen LogP contribution in [0.15, 0.2) is 24.3 Å². The predicted octanol–water partition coefficient (Wildman–Crippen LogP) is 1.49. The molecular weight excluding hydrogens is 247 g/mol. The Hall–Kier alpha value is -1.11. The molecule has 1 aromatic carbocycles. The maximum Gasteiger partial charge on any atom is 0.416 e. The summed E-state index contributed by atoms with van der Waals surface area (Å²) in [5.74, 6) is 0. The van der Waals surface area contributed by atoms with Crippen LogP contribution in [0.3, 0.4) is 0 Å². The molecule has 1 unspecified atom stereocenters. The lowest BCUT2D eigenvalue weighted by atomic mass is 10.1.